The predicted molar refractivity (Wildman–Crippen MR) is 103 cm³/mol. The Morgan fingerprint density at radius 3 is 2.62 bits per heavy atom. The number of amides is 1. The molecule has 1 aliphatic heterocycles. The van der Waals surface area contributed by atoms with E-state index in [0.29, 0.717) is 18.7 Å². The molecule has 132 valence electrons. The van der Waals surface area contributed by atoms with Crippen LogP contribution in [0.4, 0.5) is 0 Å². The lowest BCUT2D eigenvalue weighted by molar-refractivity contribution is 0.0954. The Bertz CT molecular complexity index is 541. The Labute approximate surface area is 149 Å². The highest BCUT2D eigenvalue weighted by molar-refractivity contribution is 8.00. The fourth-order valence-electron chi connectivity index (χ4n) is 2.60. The van der Waals surface area contributed by atoms with Crippen LogP contribution in [0.25, 0.3) is 0 Å². The average Bonchev–Trinajstić information content (AvgIpc) is 3.04. The molecule has 0 spiro atoms. The molecule has 24 heavy (non-hydrogen) atoms. The summed E-state index contributed by atoms with van der Waals surface area (Å²) in [5.41, 5.74) is 0.684. The second-order valence-corrected chi connectivity index (χ2v) is 7.83. The van der Waals surface area contributed by atoms with Crippen molar-refractivity contribution in [1.82, 2.24) is 16.0 Å². The SMILES string of the molecule is CCNC(=NCC1(C)CCCS1)NCCNC(=O)c1ccccc1. The molecule has 1 unspecified atom stereocenters. The van der Waals surface area contributed by atoms with Gasteiger partial charge in [-0.2, -0.15) is 11.8 Å². The molecule has 0 aliphatic carbocycles. The van der Waals surface area contributed by atoms with Gasteiger partial charge in [0.2, 0.25) is 0 Å². The minimum atomic E-state index is -0.0470. The third-order valence-corrected chi connectivity index (χ3v) is 5.48. The van der Waals surface area contributed by atoms with Crippen molar-refractivity contribution in [3.63, 3.8) is 0 Å². The average molecular weight is 349 g/mol. The summed E-state index contributed by atoms with van der Waals surface area (Å²) in [5.74, 6) is 2.01. The summed E-state index contributed by atoms with van der Waals surface area (Å²) in [5, 5.41) is 9.46. The number of guanidine groups is 1. The molecule has 3 N–H and O–H groups in total. The molecule has 1 aromatic rings. The van der Waals surface area contributed by atoms with Crippen molar-refractivity contribution in [2.75, 3.05) is 31.9 Å². The largest absolute Gasteiger partial charge is 0.357 e. The third-order valence-electron chi connectivity index (χ3n) is 3.96. The topological polar surface area (TPSA) is 65.5 Å². The first-order valence-electron chi connectivity index (χ1n) is 8.62. The van der Waals surface area contributed by atoms with Gasteiger partial charge in [0.05, 0.1) is 6.54 Å². The van der Waals surface area contributed by atoms with Gasteiger partial charge in [0, 0.05) is 29.9 Å². The number of carbonyl (C=O) groups is 1. The monoisotopic (exact) mass is 348 g/mol. The van der Waals surface area contributed by atoms with Crippen LogP contribution in [0.5, 0.6) is 0 Å². The second-order valence-electron chi connectivity index (χ2n) is 6.15. The number of benzene rings is 1. The van der Waals surface area contributed by atoms with Crippen LogP contribution in [-0.4, -0.2) is 48.5 Å². The molecular formula is C18H28N4OS. The number of nitrogens with zero attached hydrogens (tertiary/aromatic N) is 1. The standard InChI is InChI=1S/C18H28N4OS/c1-3-19-17(22-14-18(2)10-7-13-24-18)21-12-11-20-16(23)15-8-5-4-6-9-15/h4-6,8-9H,3,7,10-14H2,1-2H3,(H,20,23)(H2,19,21,22). The van der Waals surface area contributed by atoms with E-state index in [2.05, 4.69) is 29.8 Å². The quantitative estimate of drug-likeness (QED) is 0.402. The molecule has 1 fully saturated rings. The van der Waals surface area contributed by atoms with Crippen LogP contribution in [0.1, 0.15) is 37.0 Å². The summed E-state index contributed by atoms with van der Waals surface area (Å²) in [6, 6.07) is 9.26. The Morgan fingerprint density at radius 2 is 1.96 bits per heavy atom. The van der Waals surface area contributed by atoms with Gasteiger partial charge in [-0.05, 0) is 44.6 Å². The highest BCUT2D eigenvalue weighted by atomic mass is 32.2. The van der Waals surface area contributed by atoms with Gasteiger partial charge in [-0.3, -0.25) is 9.79 Å². The number of thioether (sulfide) groups is 1. The van der Waals surface area contributed by atoms with E-state index >= 15 is 0 Å². The Morgan fingerprint density at radius 1 is 1.21 bits per heavy atom. The number of nitrogens with one attached hydrogen (secondary N) is 3. The highest BCUT2D eigenvalue weighted by Crippen LogP contribution is 2.37. The predicted octanol–water partition coefficient (Wildman–Crippen LogP) is 2.26. The van der Waals surface area contributed by atoms with Crippen LogP contribution >= 0.6 is 11.8 Å². The Hall–Kier alpha value is -1.69. The minimum Gasteiger partial charge on any atom is -0.357 e. The van der Waals surface area contributed by atoms with Crippen LogP contribution < -0.4 is 16.0 Å². The van der Waals surface area contributed by atoms with Gasteiger partial charge in [0.1, 0.15) is 0 Å². The first kappa shape index (κ1) is 18.6. The van der Waals surface area contributed by atoms with Gasteiger partial charge in [-0.15, -0.1) is 0 Å². The minimum absolute atomic E-state index is 0.0470. The van der Waals surface area contributed by atoms with Crippen LogP contribution in [0.2, 0.25) is 0 Å². The summed E-state index contributed by atoms with van der Waals surface area (Å²) >= 11 is 2.01. The van der Waals surface area contributed by atoms with Crippen molar-refractivity contribution in [1.29, 1.82) is 0 Å². The fraction of sp³-hybridized carbons (Fsp3) is 0.556. The van der Waals surface area contributed by atoms with Crippen molar-refractivity contribution >= 4 is 23.6 Å². The molecule has 0 bridgehead atoms. The number of hydrogen-bond acceptors (Lipinski definition) is 3. The smallest absolute Gasteiger partial charge is 0.251 e. The first-order valence-corrected chi connectivity index (χ1v) is 9.61. The van der Waals surface area contributed by atoms with E-state index < -0.39 is 0 Å². The maximum atomic E-state index is 12.0. The number of carbonyl (C=O) groups excluding carboxylic acids is 1. The second kappa shape index (κ2) is 9.57. The molecule has 1 aliphatic rings. The van der Waals surface area contributed by atoms with E-state index in [1.807, 2.05) is 42.1 Å². The number of hydrogen-bond donors (Lipinski definition) is 3. The summed E-state index contributed by atoms with van der Waals surface area (Å²) in [4.78, 5) is 16.7. The van der Waals surface area contributed by atoms with Crippen LogP contribution in [0, 0.1) is 0 Å². The highest BCUT2D eigenvalue weighted by Gasteiger charge is 2.29. The van der Waals surface area contributed by atoms with Crippen molar-refractivity contribution < 1.29 is 4.79 Å². The van der Waals surface area contributed by atoms with Crippen molar-refractivity contribution in [3.05, 3.63) is 35.9 Å². The van der Waals surface area contributed by atoms with Crippen LogP contribution in [-0.2, 0) is 0 Å². The molecule has 1 heterocycles. The molecule has 0 aromatic heterocycles. The van der Waals surface area contributed by atoms with Crippen molar-refractivity contribution in [2.45, 2.75) is 31.4 Å². The zero-order chi connectivity index (χ0) is 17.3. The van der Waals surface area contributed by atoms with Crippen LogP contribution in [0.3, 0.4) is 0 Å². The van der Waals surface area contributed by atoms with Crippen molar-refractivity contribution in [2.24, 2.45) is 4.99 Å². The number of rotatable bonds is 7. The van der Waals surface area contributed by atoms with Gasteiger partial charge in [-0.1, -0.05) is 18.2 Å². The lowest BCUT2D eigenvalue weighted by Gasteiger charge is -2.21. The molecule has 0 saturated carbocycles. The van der Waals surface area contributed by atoms with Crippen LogP contribution in [0.15, 0.2) is 35.3 Å². The lowest BCUT2D eigenvalue weighted by atomic mass is 10.1. The maximum Gasteiger partial charge on any atom is 0.251 e. The molecule has 1 aromatic carbocycles. The Kier molecular flexibility index (Phi) is 7.43. The molecule has 1 saturated heterocycles. The molecule has 0 radical (unpaired) electrons. The van der Waals surface area contributed by atoms with E-state index in [4.69, 9.17) is 4.99 Å². The summed E-state index contributed by atoms with van der Waals surface area (Å²) in [7, 11) is 0. The maximum absolute atomic E-state index is 12.0. The molecule has 1 atom stereocenters. The zero-order valence-electron chi connectivity index (χ0n) is 14.6. The zero-order valence-corrected chi connectivity index (χ0v) is 15.4. The molecular weight excluding hydrogens is 320 g/mol. The van der Waals surface area contributed by atoms with Gasteiger partial charge in [0.15, 0.2) is 5.96 Å². The molecule has 1 amide bonds. The first-order chi connectivity index (χ1) is 11.6. The van der Waals surface area contributed by atoms with Gasteiger partial charge in [0.25, 0.3) is 5.91 Å². The van der Waals surface area contributed by atoms with E-state index in [1.54, 1.807) is 0 Å². The molecule has 5 nitrogen and oxygen atoms in total. The van der Waals surface area contributed by atoms with Gasteiger partial charge >= 0.3 is 0 Å². The summed E-state index contributed by atoms with van der Waals surface area (Å²) < 4.78 is 0.268. The normalized spacial score (nSPS) is 20.7. The fourth-order valence-corrected chi connectivity index (χ4v) is 3.82. The van der Waals surface area contributed by atoms with Crippen molar-refractivity contribution in [3.8, 4) is 0 Å². The van der Waals surface area contributed by atoms with Gasteiger partial charge in [-0.25, -0.2) is 0 Å². The number of aliphatic imine (C=N–C) groups is 1. The van der Waals surface area contributed by atoms with E-state index in [0.717, 1.165) is 19.0 Å². The van der Waals surface area contributed by atoms with Gasteiger partial charge < -0.3 is 16.0 Å². The molecule has 2 rings (SSSR count). The third kappa shape index (κ3) is 6.07. The summed E-state index contributed by atoms with van der Waals surface area (Å²) in [6.45, 7) is 7.20. The lowest BCUT2D eigenvalue weighted by Crippen LogP contribution is -2.42. The Balaban J connectivity index is 1.74. The van der Waals surface area contributed by atoms with E-state index in [1.165, 1.54) is 18.6 Å². The summed E-state index contributed by atoms with van der Waals surface area (Å²) in [6.07, 6.45) is 2.51. The van der Waals surface area contributed by atoms with E-state index in [9.17, 15) is 4.79 Å². The van der Waals surface area contributed by atoms with E-state index in [-0.39, 0.29) is 10.7 Å². The molecule has 6 heteroatoms.